The fraction of sp³-hybridized carbons (Fsp3) is 0.321. The van der Waals surface area contributed by atoms with Gasteiger partial charge < -0.3 is 5.32 Å². The van der Waals surface area contributed by atoms with Crippen LogP contribution in [0.4, 0.5) is 0 Å². The summed E-state index contributed by atoms with van der Waals surface area (Å²) in [5.41, 5.74) is 5.62. The van der Waals surface area contributed by atoms with Gasteiger partial charge in [0.15, 0.2) is 0 Å². The van der Waals surface area contributed by atoms with Gasteiger partial charge in [-0.2, -0.15) is 5.26 Å². The Balaban J connectivity index is 0.00000103. The second-order valence-corrected chi connectivity index (χ2v) is 9.59. The smallest absolute Gasteiger partial charge is 0.253 e. The third-order valence-electron chi connectivity index (χ3n) is 5.27. The van der Waals surface area contributed by atoms with Crippen LogP contribution >= 0.6 is 11.8 Å². The van der Waals surface area contributed by atoms with Crippen LogP contribution in [0.1, 0.15) is 65.5 Å². The van der Waals surface area contributed by atoms with Crippen LogP contribution in [0.3, 0.4) is 0 Å². The Morgan fingerprint density at radius 3 is 2.38 bits per heavy atom. The molecule has 0 saturated heterocycles. The number of benzene rings is 2. The normalized spacial score (nSPS) is 12.3. The molecule has 2 heterocycles. The van der Waals surface area contributed by atoms with Crippen LogP contribution in [-0.2, 0) is 26.2 Å². The largest absolute Gasteiger partial charge is 0.348 e. The molecule has 1 aliphatic rings. The Bertz CT molecular complexity index is 1120. The Hall–Kier alpha value is -3.14. The number of aromatic nitrogens is 1. The predicted octanol–water partition coefficient (Wildman–Crippen LogP) is 5.93. The number of pyridine rings is 1. The molecule has 176 valence electrons. The standard InChI is InChI=1S/C25H24N4OS.C3H8/c1-2-31-23-9-7-19(8-10-23)13-28-25(30)21-11-22-16-29(17-24(22)27-14-21)15-20-5-3-18(12-26)4-6-20;1-3-2/h3-11,14H,2,13,15-17H2,1H3,(H,28,30);3H2,1-2H3. The van der Waals surface area contributed by atoms with E-state index in [1.807, 2.05) is 30.3 Å². The van der Waals surface area contributed by atoms with Crippen LogP contribution in [-0.4, -0.2) is 21.5 Å². The molecule has 3 aromatic rings. The maximum Gasteiger partial charge on any atom is 0.253 e. The maximum atomic E-state index is 12.6. The zero-order valence-corrected chi connectivity index (χ0v) is 21.0. The van der Waals surface area contributed by atoms with Crippen LogP contribution in [0.25, 0.3) is 0 Å². The highest BCUT2D eigenvalue weighted by molar-refractivity contribution is 7.99. The van der Waals surface area contributed by atoms with E-state index in [2.05, 4.69) is 66.3 Å². The van der Waals surface area contributed by atoms with Gasteiger partial charge in [0.25, 0.3) is 5.91 Å². The summed E-state index contributed by atoms with van der Waals surface area (Å²) in [5.74, 6) is 0.944. The third-order valence-corrected chi connectivity index (χ3v) is 6.16. The lowest BCUT2D eigenvalue weighted by molar-refractivity contribution is 0.0950. The number of amides is 1. The van der Waals surface area contributed by atoms with E-state index in [4.69, 9.17) is 5.26 Å². The fourth-order valence-corrected chi connectivity index (χ4v) is 4.32. The van der Waals surface area contributed by atoms with Gasteiger partial charge in [-0.3, -0.25) is 14.7 Å². The molecule has 0 aliphatic carbocycles. The van der Waals surface area contributed by atoms with Gasteiger partial charge in [0, 0.05) is 37.3 Å². The van der Waals surface area contributed by atoms with Gasteiger partial charge in [0.2, 0.25) is 0 Å². The fourth-order valence-electron chi connectivity index (χ4n) is 3.66. The molecule has 0 spiro atoms. The number of carbonyl (C=O) groups is 1. The number of carbonyl (C=O) groups excluding carboxylic acids is 1. The molecule has 0 radical (unpaired) electrons. The first-order chi connectivity index (χ1) is 16.6. The summed E-state index contributed by atoms with van der Waals surface area (Å²) >= 11 is 1.81. The molecule has 0 atom stereocenters. The summed E-state index contributed by atoms with van der Waals surface area (Å²) in [5, 5.41) is 11.9. The minimum Gasteiger partial charge on any atom is -0.348 e. The van der Waals surface area contributed by atoms with Crippen LogP contribution in [0.15, 0.2) is 65.7 Å². The minimum atomic E-state index is -0.104. The van der Waals surface area contributed by atoms with Crippen molar-refractivity contribution in [3.8, 4) is 6.07 Å². The molecule has 34 heavy (non-hydrogen) atoms. The highest BCUT2D eigenvalue weighted by atomic mass is 32.2. The average molecular weight is 473 g/mol. The molecule has 2 aromatic carbocycles. The summed E-state index contributed by atoms with van der Waals surface area (Å²) < 4.78 is 0. The number of thioether (sulfide) groups is 1. The predicted molar refractivity (Wildman–Crippen MR) is 138 cm³/mol. The van der Waals surface area contributed by atoms with Crippen molar-refractivity contribution in [1.29, 1.82) is 5.26 Å². The number of hydrogen-bond acceptors (Lipinski definition) is 5. The first-order valence-electron chi connectivity index (χ1n) is 11.7. The molecule has 1 aromatic heterocycles. The molecular weight excluding hydrogens is 440 g/mol. The van der Waals surface area contributed by atoms with E-state index in [1.54, 1.807) is 18.0 Å². The quantitative estimate of drug-likeness (QED) is 0.432. The van der Waals surface area contributed by atoms with Gasteiger partial charge >= 0.3 is 0 Å². The minimum absolute atomic E-state index is 0.104. The summed E-state index contributed by atoms with van der Waals surface area (Å²) in [7, 11) is 0. The summed E-state index contributed by atoms with van der Waals surface area (Å²) in [6, 6.07) is 20.1. The van der Waals surface area contributed by atoms with Crippen molar-refractivity contribution in [2.75, 3.05) is 5.75 Å². The highest BCUT2D eigenvalue weighted by Gasteiger charge is 2.22. The Labute approximate surface area is 207 Å². The number of nitrogens with zero attached hydrogens (tertiary/aromatic N) is 3. The number of nitriles is 1. The molecular formula is C28H32N4OS. The van der Waals surface area contributed by atoms with Crippen molar-refractivity contribution in [3.05, 3.63) is 94.3 Å². The molecule has 0 fully saturated rings. The number of hydrogen-bond donors (Lipinski definition) is 1. The lowest BCUT2D eigenvalue weighted by Crippen LogP contribution is -2.23. The van der Waals surface area contributed by atoms with E-state index >= 15 is 0 Å². The Kier molecular flexibility index (Phi) is 9.69. The van der Waals surface area contributed by atoms with Gasteiger partial charge in [-0.25, -0.2) is 0 Å². The maximum absolute atomic E-state index is 12.6. The van der Waals surface area contributed by atoms with Crippen molar-refractivity contribution in [3.63, 3.8) is 0 Å². The molecule has 0 saturated carbocycles. The van der Waals surface area contributed by atoms with Gasteiger partial charge in [0.1, 0.15) is 0 Å². The Morgan fingerprint density at radius 1 is 1.06 bits per heavy atom. The first-order valence-corrected chi connectivity index (χ1v) is 12.7. The van der Waals surface area contributed by atoms with Crippen LogP contribution in [0.5, 0.6) is 0 Å². The van der Waals surface area contributed by atoms with Crippen LogP contribution < -0.4 is 5.32 Å². The highest BCUT2D eigenvalue weighted by Crippen LogP contribution is 2.24. The third kappa shape index (κ3) is 7.18. The molecule has 1 amide bonds. The zero-order valence-electron chi connectivity index (χ0n) is 20.2. The lowest BCUT2D eigenvalue weighted by Gasteiger charge is -2.14. The number of nitrogens with one attached hydrogen (secondary N) is 1. The van der Waals surface area contributed by atoms with Crippen molar-refractivity contribution < 1.29 is 4.79 Å². The first kappa shape index (κ1) is 25.5. The lowest BCUT2D eigenvalue weighted by atomic mass is 10.1. The van der Waals surface area contributed by atoms with Crippen molar-refractivity contribution >= 4 is 17.7 Å². The van der Waals surface area contributed by atoms with Crippen LogP contribution in [0.2, 0.25) is 0 Å². The van der Waals surface area contributed by atoms with Gasteiger partial charge in [-0.1, -0.05) is 51.5 Å². The van der Waals surface area contributed by atoms with E-state index in [0.29, 0.717) is 17.7 Å². The summed E-state index contributed by atoms with van der Waals surface area (Å²) in [6.45, 7) is 9.20. The monoisotopic (exact) mass is 472 g/mol. The Morgan fingerprint density at radius 2 is 1.74 bits per heavy atom. The number of rotatable bonds is 7. The zero-order chi connectivity index (χ0) is 24.3. The van der Waals surface area contributed by atoms with E-state index in [1.165, 1.54) is 11.3 Å². The number of fused-ring (bicyclic) bond motifs is 1. The van der Waals surface area contributed by atoms with Gasteiger partial charge in [-0.15, -0.1) is 11.8 Å². The van der Waals surface area contributed by atoms with E-state index in [-0.39, 0.29) is 5.91 Å². The van der Waals surface area contributed by atoms with Gasteiger partial charge in [0.05, 0.1) is 22.9 Å². The molecule has 1 N–H and O–H groups in total. The average Bonchev–Trinajstić information content (AvgIpc) is 3.26. The van der Waals surface area contributed by atoms with Crippen molar-refractivity contribution in [2.24, 2.45) is 0 Å². The van der Waals surface area contributed by atoms with Crippen LogP contribution in [0, 0.1) is 11.3 Å². The molecule has 0 unspecified atom stereocenters. The molecule has 4 rings (SSSR count). The second-order valence-electron chi connectivity index (χ2n) is 8.25. The topological polar surface area (TPSA) is 69.0 Å². The SMILES string of the molecule is CCC.CCSc1ccc(CNC(=O)c2cnc3c(c2)CN(Cc2ccc(C#N)cc2)C3)cc1. The molecule has 6 heteroatoms. The van der Waals surface area contributed by atoms with E-state index in [0.717, 1.165) is 47.8 Å². The van der Waals surface area contributed by atoms with Crippen molar-refractivity contribution in [2.45, 2.75) is 58.3 Å². The van der Waals surface area contributed by atoms with Gasteiger partial charge in [-0.05, 0) is 52.8 Å². The van der Waals surface area contributed by atoms with E-state index in [9.17, 15) is 4.79 Å². The summed E-state index contributed by atoms with van der Waals surface area (Å²) in [6.07, 6.45) is 2.92. The van der Waals surface area contributed by atoms with E-state index < -0.39 is 0 Å². The molecule has 1 aliphatic heterocycles. The summed E-state index contributed by atoms with van der Waals surface area (Å²) in [4.78, 5) is 20.7. The molecule has 0 bridgehead atoms. The van der Waals surface area contributed by atoms with Crippen molar-refractivity contribution in [1.82, 2.24) is 15.2 Å². The molecule has 5 nitrogen and oxygen atoms in total. The second kappa shape index (κ2) is 12.9.